The van der Waals surface area contributed by atoms with Crippen molar-refractivity contribution in [1.82, 2.24) is 10.2 Å². The Morgan fingerprint density at radius 2 is 1.95 bits per heavy atom. The van der Waals surface area contributed by atoms with E-state index in [2.05, 4.69) is 14.9 Å². The Labute approximate surface area is 109 Å². The summed E-state index contributed by atoms with van der Waals surface area (Å²) in [6.45, 7) is 1.44. The first kappa shape index (κ1) is 13.1. The highest BCUT2D eigenvalue weighted by atomic mass is 32.2. The van der Waals surface area contributed by atoms with E-state index in [-0.39, 0.29) is 10.6 Å². The van der Waals surface area contributed by atoms with Gasteiger partial charge in [0.15, 0.2) is 5.69 Å². The number of aromatic nitrogens is 2. The third kappa shape index (κ3) is 2.58. The zero-order chi connectivity index (χ0) is 14.0. The summed E-state index contributed by atoms with van der Waals surface area (Å²) in [5.41, 5.74) is -0.0128. The molecule has 0 bridgehead atoms. The third-order valence-corrected chi connectivity index (χ3v) is 3.93. The molecule has 3 N–H and O–H groups in total. The second-order valence-corrected chi connectivity index (χ2v) is 5.42. The molecule has 0 spiro atoms. The average Bonchev–Trinajstić information content (AvgIpc) is 2.73. The summed E-state index contributed by atoms with van der Waals surface area (Å²) in [5, 5.41) is 14.8. The van der Waals surface area contributed by atoms with Crippen LogP contribution in [0.4, 0.5) is 5.69 Å². The van der Waals surface area contributed by atoms with E-state index in [1.165, 1.54) is 6.92 Å². The van der Waals surface area contributed by atoms with E-state index in [1.807, 2.05) is 0 Å². The van der Waals surface area contributed by atoms with Gasteiger partial charge in [-0.15, -0.1) is 0 Å². The summed E-state index contributed by atoms with van der Waals surface area (Å²) < 4.78 is 26.7. The Morgan fingerprint density at radius 3 is 2.53 bits per heavy atom. The molecule has 0 amide bonds. The molecule has 2 aromatic rings. The van der Waals surface area contributed by atoms with Crippen LogP contribution in [0.15, 0.2) is 35.2 Å². The number of hydrogen-bond acceptors (Lipinski definition) is 4. The van der Waals surface area contributed by atoms with E-state index < -0.39 is 21.7 Å². The Bertz CT molecular complexity index is 707. The summed E-state index contributed by atoms with van der Waals surface area (Å²) in [5.74, 6) is -1.40. The number of H-pyrrole nitrogens is 1. The van der Waals surface area contributed by atoms with Gasteiger partial charge in [0.05, 0.1) is 5.69 Å². The smallest absolute Gasteiger partial charge is 0.357 e. The number of aromatic amines is 1. The van der Waals surface area contributed by atoms with Crippen LogP contribution in [-0.2, 0) is 10.0 Å². The van der Waals surface area contributed by atoms with E-state index >= 15 is 0 Å². The molecule has 0 fully saturated rings. The molecule has 7 nitrogen and oxygen atoms in total. The number of hydrogen-bond donors (Lipinski definition) is 3. The zero-order valence-electron chi connectivity index (χ0n) is 9.91. The number of sulfonamides is 1. The molecule has 0 aliphatic carbocycles. The molecule has 8 heteroatoms. The van der Waals surface area contributed by atoms with Crippen LogP contribution in [0.25, 0.3) is 0 Å². The van der Waals surface area contributed by atoms with Gasteiger partial charge in [-0.25, -0.2) is 13.2 Å². The van der Waals surface area contributed by atoms with Crippen LogP contribution in [-0.4, -0.2) is 29.7 Å². The summed E-state index contributed by atoms with van der Waals surface area (Å²) >= 11 is 0. The summed E-state index contributed by atoms with van der Waals surface area (Å²) in [4.78, 5) is 10.6. The molecule has 1 heterocycles. The minimum absolute atomic E-state index is 0.167. The van der Waals surface area contributed by atoms with Gasteiger partial charge in [0.1, 0.15) is 4.90 Å². The maximum absolute atomic E-state index is 12.2. The maximum Gasteiger partial charge on any atom is 0.357 e. The number of rotatable bonds is 4. The number of carbonyl (C=O) groups is 1. The average molecular weight is 281 g/mol. The van der Waals surface area contributed by atoms with Crippen LogP contribution in [0.1, 0.15) is 16.2 Å². The van der Waals surface area contributed by atoms with Gasteiger partial charge in [0, 0.05) is 5.69 Å². The highest BCUT2D eigenvalue weighted by Gasteiger charge is 2.28. The molecule has 0 saturated heterocycles. The van der Waals surface area contributed by atoms with Gasteiger partial charge in [-0.1, -0.05) is 18.2 Å². The summed E-state index contributed by atoms with van der Waals surface area (Å²) in [6.07, 6.45) is 0. The lowest BCUT2D eigenvalue weighted by atomic mass is 10.3. The molecular formula is C11H11N3O4S. The van der Waals surface area contributed by atoms with Gasteiger partial charge in [-0.3, -0.25) is 9.82 Å². The first-order valence-electron chi connectivity index (χ1n) is 5.28. The van der Waals surface area contributed by atoms with E-state index in [9.17, 15) is 13.2 Å². The second-order valence-electron chi connectivity index (χ2n) is 3.80. The van der Waals surface area contributed by atoms with Crippen molar-refractivity contribution in [3.63, 3.8) is 0 Å². The molecule has 100 valence electrons. The van der Waals surface area contributed by atoms with E-state index in [0.717, 1.165) is 0 Å². The molecule has 1 aromatic heterocycles. The number of carboxylic acid groups (broad SMARTS) is 1. The van der Waals surface area contributed by atoms with Crippen molar-refractivity contribution in [1.29, 1.82) is 0 Å². The molecule has 0 atom stereocenters. The van der Waals surface area contributed by atoms with Crippen LogP contribution in [0.2, 0.25) is 0 Å². The lowest BCUT2D eigenvalue weighted by Gasteiger charge is -2.07. The first-order valence-corrected chi connectivity index (χ1v) is 6.76. The molecule has 0 aliphatic heterocycles. The van der Waals surface area contributed by atoms with Crippen molar-refractivity contribution in [3.8, 4) is 0 Å². The first-order chi connectivity index (χ1) is 8.92. The van der Waals surface area contributed by atoms with Crippen LogP contribution in [0.5, 0.6) is 0 Å². The van der Waals surface area contributed by atoms with Gasteiger partial charge >= 0.3 is 5.97 Å². The quantitative estimate of drug-likeness (QED) is 0.780. The lowest BCUT2D eigenvalue weighted by Crippen LogP contribution is -2.16. The number of carboxylic acids is 1. The predicted octanol–water partition coefficient (Wildman–Crippen LogP) is 1.22. The molecule has 1 aromatic carbocycles. The number of aromatic carboxylic acids is 1. The number of para-hydroxylation sites is 1. The molecular weight excluding hydrogens is 270 g/mol. The number of benzene rings is 1. The maximum atomic E-state index is 12.2. The summed E-state index contributed by atoms with van der Waals surface area (Å²) in [6, 6.07) is 8.20. The fraction of sp³-hybridized carbons (Fsp3) is 0.0909. The van der Waals surface area contributed by atoms with E-state index in [1.54, 1.807) is 30.3 Å². The Balaban J connectivity index is 2.46. The van der Waals surface area contributed by atoms with Crippen LogP contribution in [0, 0.1) is 6.92 Å². The topological polar surface area (TPSA) is 112 Å². The van der Waals surface area contributed by atoms with Crippen molar-refractivity contribution in [3.05, 3.63) is 41.7 Å². The van der Waals surface area contributed by atoms with Crippen LogP contribution in [0.3, 0.4) is 0 Å². The van der Waals surface area contributed by atoms with Crippen LogP contribution < -0.4 is 4.72 Å². The molecule has 0 radical (unpaired) electrons. The van der Waals surface area contributed by atoms with Crippen molar-refractivity contribution in [2.45, 2.75) is 11.8 Å². The van der Waals surface area contributed by atoms with Crippen molar-refractivity contribution < 1.29 is 18.3 Å². The van der Waals surface area contributed by atoms with Gasteiger partial charge in [-0.2, -0.15) is 5.10 Å². The molecule has 2 rings (SSSR count). The van der Waals surface area contributed by atoms with Crippen molar-refractivity contribution in [2.24, 2.45) is 0 Å². The van der Waals surface area contributed by atoms with E-state index in [4.69, 9.17) is 5.11 Å². The molecule has 0 aliphatic rings. The van der Waals surface area contributed by atoms with Crippen LogP contribution >= 0.6 is 0 Å². The van der Waals surface area contributed by atoms with Gasteiger partial charge < -0.3 is 5.11 Å². The number of aryl methyl sites for hydroxylation is 1. The summed E-state index contributed by atoms with van der Waals surface area (Å²) in [7, 11) is -4.00. The zero-order valence-corrected chi connectivity index (χ0v) is 10.7. The number of nitrogens with one attached hydrogen (secondary N) is 2. The Morgan fingerprint density at radius 1 is 1.32 bits per heavy atom. The van der Waals surface area contributed by atoms with Crippen molar-refractivity contribution in [2.75, 3.05) is 4.72 Å². The highest BCUT2D eigenvalue weighted by molar-refractivity contribution is 7.92. The monoisotopic (exact) mass is 281 g/mol. The van der Waals surface area contributed by atoms with E-state index in [0.29, 0.717) is 5.69 Å². The highest BCUT2D eigenvalue weighted by Crippen LogP contribution is 2.21. The Hall–Kier alpha value is -2.35. The predicted molar refractivity (Wildman–Crippen MR) is 67.5 cm³/mol. The van der Waals surface area contributed by atoms with Gasteiger partial charge in [0.25, 0.3) is 10.0 Å². The standard InChI is InChI=1S/C11H11N3O4S/c1-7-10(9(11(15)16)13-12-7)19(17,18)14-8-5-3-2-4-6-8/h2-6,14H,1H3,(H,12,13)(H,15,16). The fourth-order valence-corrected chi connectivity index (χ4v) is 2.99. The Kier molecular flexibility index (Phi) is 3.26. The van der Waals surface area contributed by atoms with Crippen molar-refractivity contribution >= 4 is 21.7 Å². The number of anilines is 1. The second kappa shape index (κ2) is 4.73. The minimum atomic E-state index is -4.00. The normalized spacial score (nSPS) is 11.2. The third-order valence-electron chi connectivity index (χ3n) is 2.39. The fourth-order valence-electron chi connectivity index (χ4n) is 1.61. The largest absolute Gasteiger partial charge is 0.476 e. The molecule has 0 unspecified atom stereocenters. The molecule has 0 saturated carbocycles. The molecule has 19 heavy (non-hydrogen) atoms. The number of nitrogens with zero attached hydrogens (tertiary/aromatic N) is 1. The van der Waals surface area contributed by atoms with Gasteiger partial charge in [-0.05, 0) is 19.1 Å². The minimum Gasteiger partial charge on any atom is -0.476 e. The lowest BCUT2D eigenvalue weighted by molar-refractivity contribution is 0.0686. The SMILES string of the molecule is Cc1[nH]nc(C(=O)O)c1S(=O)(=O)Nc1ccccc1. The van der Waals surface area contributed by atoms with Gasteiger partial charge in [0.2, 0.25) is 0 Å².